The number of hydrogen-bond donors (Lipinski definition) is 0. The molecule has 3 nitrogen and oxygen atoms in total. The number of ether oxygens (including phenoxy) is 1. The predicted molar refractivity (Wildman–Crippen MR) is 96.2 cm³/mol. The number of allylic oxidation sites excluding steroid dienone is 2. The fourth-order valence-corrected chi connectivity index (χ4v) is 4.39. The largest absolute Gasteiger partial charge is 0.462 e. The summed E-state index contributed by atoms with van der Waals surface area (Å²) in [6, 6.07) is 1.51. The highest BCUT2D eigenvalue weighted by Gasteiger charge is 2.30. The van der Waals surface area contributed by atoms with Crippen molar-refractivity contribution in [2.75, 3.05) is 0 Å². The third-order valence-electron chi connectivity index (χ3n) is 5.96. The molecule has 0 N–H and O–H groups in total. The first kappa shape index (κ1) is 19.9. The Morgan fingerprint density at radius 1 is 1.08 bits per heavy atom. The molecule has 0 radical (unpaired) electrons. The Kier molecular flexibility index (Phi) is 8.44. The highest BCUT2D eigenvalue weighted by atomic mass is 19.1. The van der Waals surface area contributed by atoms with Gasteiger partial charge in [-0.25, -0.2) is 0 Å². The first-order chi connectivity index (χ1) is 12.1. The van der Waals surface area contributed by atoms with Crippen molar-refractivity contribution in [1.82, 2.24) is 0 Å². The Hall–Kier alpha value is -1.37. The molecule has 0 bridgehead atoms. The summed E-state index contributed by atoms with van der Waals surface area (Å²) in [7, 11) is 0. The third-order valence-corrected chi connectivity index (χ3v) is 5.96. The SMILES string of the molecule is CCC[C@H]1CC[C@H](C(=O)O[C@H]2CC[C@H](CCC=C(F)C#N)CC2)CC1. The molecule has 2 saturated carbocycles. The average Bonchev–Trinajstić information content (AvgIpc) is 2.64. The van der Waals surface area contributed by atoms with Crippen molar-refractivity contribution in [2.45, 2.75) is 90.1 Å². The van der Waals surface area contributed by atoms with Gasteiger partial charge >= 0.3 is 5.97 Å². The Balaban J connectivity index is 1.63. The number of nitrogens with zero attached hydrogens (tertiary/aromatic N) is 1. The normalized spacial score (nSPS) is 30.5. The molecule has 2 aliphatic rings. The van der Waals surface area contributed by atoms with Crippen LogP contribution in [0.5, 0.6) is 0 Å². The van der Waals surface area contributed by atoms with Crippen molar-refractivity contribution in [3.8, 4) is 6.07 Å². The van der Waals surface area contributed by atoms with E-state index in [4.69, 9.17) is 10.00 Å². The fraction of sp³-hybridized carbons (Fsp3) is 0.810. The number of carbonyl (C=O) groups is 1. The molecule has 0 aromatic carbocycles. The molecule has 2 fully saturated rings. The van der Waals surface area contributed by atoms with Gasteiger partial charge in [-0.05, 0) is 82.1 Å². The van der Waals surface area contributed by atoms with Gasteiger partial charge in [-0.2, -0.15) is 9.65 Å². The highest BCUT2D eigenvalue weighted by Crippen LogP contribution is 2.34. The molecular weight excluding hydrogens is 317 g/mol. The van der Waals surface area contributed by atoms with Crippen molar-refractivity contribution in [3.05, 3.63) is 11.9 Å². The topological polar surface area (TPSA) is 50.1 Å². The van der Waals surface area contributed by atoms with Gasteiger partial charge in [0.2, 0.25) is 0 Å². The van der Waals surface area contributed by atoms with Gasteiger partial charge < -0.3 is 4.74 Å². The van der Waals surface area contributed by atoms with E-state index in [0.29, 0.717) is 12.3 Å². The minimum atomic E-state index is -0.684. The molecule has 0 unspecified atom stereocenters. The molecule has 25 heavy (non-hydrogen) atoms. The fourth-order valence-electron chi connectivity index (χ4n) is 4.39. The zero-order chi connectivity index (χ0) is 18.1. The molecule has 0 amide bonds. The lowest BCUT2D eigenvalue weighted by Crippen LogP contribution is -2.30. The molecule has 0 aromatic heterocycles. The number of carbonyl (C=O) groups excluding carboxylic acids is 1. The van der Waals surface area contributed by atoms with Crippen LogP contribution < -0.4 is 0 Å². The summed E-state index contributed by atoms with van der Waals surface area (Å²) in [5.41, 5.74) is 0. The number of rotatable bonds is 7. The summed E-state index contributed by atoms with van der Waals surface area (Å²) >= 11 is 0. The van der Waals surface area contributed by atoms with E-state index < -0.39 is 5.83 Å². The predicted octanol–water partition coefficient (Wildman–Crippen LogP) is 5.85. The maximum atomic E-state index is 12.8. The Bertz CT molecular complexity index is 481. The van der Waals surface area contributed by atoms with E-state index in [1.165, 1.54) is 37.8 Å². The van der Waals surface area contributed by atoms with Crippen LogP contribution in [0.4, 0.5) is 4.39 Å². The van der Waals surface area contributed by atoms with Gasteiger partial charge in [0.25, 0.3) is 0 Å². The molecule has 2 aliphatic carbocycles. The van der Waals surface area contributed by atoms with Crippen LogP contribution in [-0.2, 0) is 9.53 Å². The zero-order valence-corrected chi connectivity index (χ0v) is 15.5. The second-order valence-electron chi connectivity index (χ2n) is 7.83. The summed E-state index contributed by atoms with van der Waals surface area (Å²) in [5.74, 6) is 0.824. The monoisotopic (exact) mass is 349 g/mol. The second kappa shape index (κ2) is 10.6. The summed E-state index contributed by atoms with van der Waals surface area (Å²) in [4.78, 5) is 12.4. The lowest BCUT2D eigenvalue weighted by Gasteiger charge is -2.31. The molecule has 2 rings (SSSR count). The summed E-state index contributed by atoms with van der Waals surface area (Å²) in [6.07, 6.45) is 13.8. The molecule has 0 heterocycles. The van der Waals surface area contributed by atoms with Crippen LogP contribution >= 0.6 is 0 Å². The van der Waals surface area contributed by atoms with E-state index in [2.05, 4.69) is 6.92 Å². The van der Waals surface area contributed by atoms with Gasteiger partial charge in [0.1, 0.15) is 12.2 Å². The van der Waals surface area contributed by atoms with Crippen molar-refractivity contribution < 1.29 is 13.9 Å². The van der Waals surface area contributed by atoms with Crippen molar-refractivity contribution in [1.29, 1.82) is 5.26 Å². The van der Waals surface area contributed by atoms with Crippen LogP contribution in [0, 0.1) is 29.1 Å². The van der Waals surface area contributed by atoms with Gasteiger partial charge in [-0.1, -0.05) is 19.8 Å². The van der Waals surface area contributed by atoms with Crippen LogP contribution in [0.2, 0.25) is 0 Å². The first-order valence-electron chi connectivity index (χ1n) is 10.1. The second-order valence-corrected chi connectivity index (χ2v) is 7.83. The lowest BCUT2D eigenvalue weighted by atomic mass is 9.80. The van der Waals surface area contributed by atoms with E-state index in [1.807, 2.05) is 0 Å². The minimum Gasteiger partial charge on any atom is -0.462 e. The maximum absolute atomic E-state index is 12.8. The van der Waals surface area contributed by atoms with E-state index in [9.17, 15) is 9.18 Å². The molecule has 140 valence electrons. The summed E-state index contributed by atoms with van der Waals surface area (Å²) < 4.78 is 18.6. The molecule has 0 atom stereocenters. The number of esters is 1. The number of nitriles is 1. The van der Waals surface area contributed by atoms with Gasteiger partial charge in [0.15, 0.2) is 5.83 Å². The number of halogens is 1. The van der Waals surface area contributed by atoms with Crippen LogP contribution in [0.15, 0.2) is 11.9 Å². The molecule has 4 heteroatoms. The maximum Gasteiger partial charge on any atom is 0.309 e. The smallest absolute Gasteiger partial charge is 0.309 e. The molecule has 0 aromatic rings. The van der Waals surface area contributed by atoms with Gasteiger partial charge in [0.05, 0.1) is 5.92 Å². The van der Waals surface area contributed by atoms with Crippen LogP contribution in [-0.4, -0.2) is 12.1 Å². The van der Waals surface area contributed by atoms with E-state index in [-0.39, 0.29) is 18.0 Å². The molecule has 0 saturated heterocycles. The van der Waals surface area contributed by atoms with Gasteiger partial charge in [-0.15, -0.1) is 0 Å². The average molecular weight is 349 g/mol. The van der Waals surface area contributed by atoms with E-state index in [0.717, 1.165) is 50.9 Å². The van der Waals surface area contributed by atoms with Gasteiger partial charge in [0, 0.05) is 0 Å². The Labute approximate surface area is 151 Å². The Morgan fingerprint density at radius 2 is 1.68 bits per heavy atom. The Morgan fingerprint density at radius 3 is 2.28 bits per heavy atom. The van der Waals surface area contributed by atoms with Crippen molar-refractivity contribution >= 4 is 5.97 Å². The molecule has 0 aliphatic heterocycles. The highest BCUT2D eigenvalue weighted by molar-refractivity contribution is 5.72. The van der Waals surface area contributed by atoms with Gasteiger partial charge in [-0.3, -0.25) is 4.79 Å². The molecular formula is C21H32FNO2. The number of hydrogen-bond acceptors (Lipinski definition) is 3. The minimum absolute atomic E-state index is 0.0254. The van der Waals surface area contributed by atoms with Crippen LogP contribution in [0.3, 0.4) is 0 Å². The quantitative estimate of drug-likeness (QED) is 0.428. The van der Waals surface area contributed by atoms with E-state index in [1.54, 1.807) is 0 Å². The van der Waals surface area contributed by atoms with E-state index >= 15 is 0 Å². The lowest BCUT2D eigenvalue weighted by molar-refractivity contribution is -0.157. The van der Waals surface area contributed by atoms with Crippen LogP contribution in [0.1, 0.15) is 84.0 Å². The third kappa shape index (κ3) is 6.80. The summed E-state index contributed by atoms with van der Waals surface area (Å²) in [5, 5.41) is 8.40. The molecule has 0 spiro atoms. The van der Waals surface area contributed by atoms with Crippen molar-refractivity contribution in [3.63, 3.8) is 0 Å². The van der Waals surface area contributed by atoms with Crippen LogP contribution in [0.25, 0.3) is 0 Å². The first-order valence-corrected chi connectivity index (χ1v) is 10.1. The van der Waals surface area contributed by atoms with Crippen molar-refractivity contribution in [2.24, 2.45) is 17.8 Å². The zero-order valence-electron chi connectivity index (χ0n) is 15.5. The standard InChI is InChI=1S/C21H32FNO2/c1-2-4-16-7-11-18(12-8-16)21(24)25-20-13-9-17(10-14-20)5-3-6-19(22)15-23/h6,16-18,20H,2-5,7-14H2,1H3/t16-,17-,18-,20-. The summed E-state index contributed by atoms with van der Waals surface area (Å²) in [6.45, 7) is 2.23.